The highest BCUT2D eigenvalue weighted by Gasteiger charge is 2.47. The molecule has 112 valence electrons. The second kappa shape index (κ2) is 5.66. The number of hydrogen-bond donors (Lipinski definition) is 2. The molecule has 0 unspecified atom stereocenters. The van der Waals surface area contributed by atoms with Gasteiger partial charge in [0.1, 0.15) is 11.4 Å². The molecule has 0 radical (unpaired) electrons. The van der Waals surface area contributed by atoms with Crippen molar-refractivity contribution in [3.8, 4) is 6.07 Å². The van der Waals surface area contributed by atoms with Crippen LogP contribution in [0.5, 0.6) is 0 Å². The van der Waals surface area contributed by atoms with Crippen LogP contribution in [0.4, 0.5) is 0 Å². The molecule has 1 heterocycles. The number of amides is 1. The average Bonchev–Trinajstić information content (AvgIpc) is 3.27. The first-order chi connectivity index (χ1) is 10.6. The van der Waals surface area contributed by atoms with E-state index in [4.69, 9.17) is 9.68 Å². The molecule has 0 saturated heterocycles. The molecule has 1 saturated carbocycles. The molecular formula is C17H16N2O3. The van der Waals surface area contributed by atoms with Gasteiger partial charge in [-0.05, 0) is 55.2 Å². The van der Waals surface area contributed by atoms with Gasteiger partial charge in [0.15, 0.2) is 0 Å². The first-order valence-corrected chi connectivity index (χ1v) is 7.18. The molecule has 3 rings (SSSR count). The van der Waals surface area contributed by atoms with Crippen LogP contribution in [0.2, 0.25) is 0 Å². The van der Waals surface area contributed by atoms with E-state index in [-0.39, 0.29) is 18.4 Å². The predicted molar refractivity (Wildman–Crippen MR) is 78.8 cm³/mol. The van der Waals surface area contributed by atoms with Crippen LogP contribution in [0.25, 0.3) is 0 Å². The van der Waals surface area contributed by atoms with Gasteiger partial charge >= 0.3 is 0 Å². The molecular weight excluding hydrogens is 280 g/mol. The fourth-order valence-corrected chi connectivity index (χ4v) is 2.53. The van der Waals surface area contributed by atoms with Gasteiger partial charge in [0, 0.05) is 5.56 Å². The third kappa shape index (κ3) is 2.74. The number of carbonyl (C=O) groups excluding carboxylic acids is 1. The molecule has 0 bridgehead atoms. The summed E-state index contributed by atoms with van der Waals surface area (Å²) in [6.45, 7) is 0.101. The minimum absolute atomic E-state index is 0.101. The molecule has 1 aromatic heterocycles. The summed E-state index contributed by atoms with van der Waals surface area (Å²) in [7, 11) is 0. The Morgan fingerprint density at radius 2 is 2.09 bits per heavy atom. The second-order valence-electron chi connectivity index (χ2n) is 5.55. The van der Waals surface area contributed by atoms with Gasteiger partial charge in [0.05, 0.1) is 24.4 Å². The molecule has 0 spiro atoms. The topological polar surface area (TPSA) is 86.3 Å². The van der Waals surface area contributed by atoms with Gasteiger partial charge < -0.3 is 14.8 Å². The predicted octanol–water partition coefficient (Wildman–Crippen LogP) is 2.18. The molecule has 1 aliphatic carbocycles. The fraction of sp³-hybridized carbons (Fsp3) is 0.294. The standard InChI is InChI=1S/C17H16N2O3/c18-10-12-3-5-13(6-4-12)16(20)19-11-17(21,14-7-8-14)15-2-1-9-22-15/h1-6,9,14,21H,7-8,11H2,(H,19,20)/t17-/m1/s1. The zero-order valence-corrected chi connectivity index (χ0v) is 12.0. The molecule has 1 amide bonds. The van der Waals surface area contributed by atoms with Gasteiger partial charge in [-0.25, -0.2) is 0 Å². The van der Waals surface area contributed by atoms with Gasteiger partial charge in [-0.3, -0.25) is 4.79 Å². The number of nitrogens with zero attached hydrogens (tertiary/aromatic N) is 1. The second-order valence-corrected chi connectivity index (χ2v) is 5.55. The lowest BCUT2D eigenvalue weighted by molar-refractivity contribution is -0.00610. The van der Waals surface area contributed by atoms with Crippen LogP contribution in [0.1, 0.15) is 34.5 Å². The third-order valence-corrected chi connectivity index (χ3v) is 4.00. The Bertz CT molecular complexity index is 697. The van der Waals surface area contributed by atoms with Gasteiger partial charge in [-0.15, -0.1) is 0 Å². The molecule has 1 fully saturated rings. The number of carbonyl (C=O) groups is 1. The Morgan fingerprint density at radius 3 is 2.64 bits per heavy atom. The molecule has 2 N–H and O–H groups in total. The Kier molecular flexibility index (Phi) is 3.70. The van der Waals surface area contributed by atoms with E-state index >= 15 is 0 Å². The minimum Gasteiger partial charge on any atom is -0.466 e. The maximum atomic E-state index is 12.2. The summed E-state index contributed by atoms with van der Waals surface area (Å²) in [5.74, 6) is 0.310. The van der Waals surface area contributed by atoms with Crippen molar-refractivity contribution in [2.24, 2.45) is 5.92 Å². The SMILES string of the molecule is N#Cc1ccc(C(=O)NC[C@](O)(c2ccco2)C2CC2)cc1. The van der Waals surface area contributed by atoms with Crippen LogP contribution in [-0.2, 0) is 5.60 Å². The molecule has 1 aromatic carbocycles. The molecule has 0 aliphatic heterocycles. The van der Waals surface area contributed by atoms with Crippen LogP contribution >= 0.6 is 0 Å². The number of nitriles is 1. The van der Waals surface area contributed by atoms with Crippen molar-refractivity contribution in [1.82, 2.24) is 5.32 Å². The Hall–Kier alpha value is -2.58. The van der Waals surface area contributed by atoms with Gasteiger partial charge in [0.2, 0.25) is 0 Å². The largest absolute Gasteiger partial charge is 0.466 e. The monoisotopic (exact) mass is 296 g/mol. The highest BCUT2D eigenvalue weighted by atomic mass is 16.4. The van der Waals surface area contributed by atoms with Crippen LogP contribution in [-0.4, -0.2) is 17.6 Å². The molecule has 5 nitrogen and oxygen atoms in total. The van der Waals surface area contributed by atoms with Gasteiger partial charge in [-0.2, -0.15) is 5.26 Å². The quantitative estimate of drug-likeness (QED) is 0.885. The van der Waals surface area contributed by atoms with E-state index in [1.165, 1.54) is 6.26 Å². The van der Waals surface area contributed by atoms with Gasteiger partial charge in [0.25, 0.3) is 5.91 Å². The van der Waals surface area contributed by atoms with Crippen molar-refractivity contribution >= 4 is 5.91 Å². The number of furan rings is 1. The summed E-state index contributed by atoms with van der Waals surface area (Å²) >= 11 is 0. The first kappa shape index (κ1) is 14.4. The van der Waals surface area contributed by atoms with Crippen LogP contribution in [0.3, 0.4) is 0 Å². The minimum atomic E-state index is -1.16. The first-order valence-electron chi connectivity index (χ1n) is 7.18. The lowest BCUT2D eigenvalue weighted by atomic mass is 9.94. The Balaban J connectivity index is 1.70. The molecule has 1 atom stereocenters. The van der Waals surface area contributed by atoms with Crippen molar-refractivity contribution in [2.45, 2.75) is 18.4 Å². The van der Waals surface area contributed by atoms with E-state index in [1.807, 2.05) is 6.07 Å². The third-order valence-electron chi connectivity index (χ3n) is 4.00. The maximum Gasteiger partial charge on any atom is 0.251 e. The highest BCUT2D eigenvalue weighted by molar-refractivity contribution is 5.94. The van der Waals surface area contributed by atoms with E-state index < -0.39 is 5.60 Å². The van der Waals surface area contributed by atoms with Crippen LogP contribution in [0.15, 0.2) is 47.1 Å². The van der Waals surface area contributed by atoms with E-state index in [2.05, 4.69) is 5.32 Å². The lowest BCUT2D eigenvalue weighted by Gasteiger charge is -2.26. The molecule has 22 heavy (non-hydrogen) atoms. The smallest absolute Gasteiger partial charge is 0.251 e. The highest BCUT2D eigenvalue weighted by Crippen LogP contribution is 2.45. The van der Waals surface area contributed by atoms with E-state index in [9.17, 15) is 9.90 Å². The number of rotatable bonds is 5. The summed E-state index contributed by atoms with van der Waals surface area (Å²) in [5.41, 5.74) is -0.204. The summed E-state index contributed by atoms with van der Waals surface area (Å²) in [4.78, 5) is 12.2. The van der Waals surface area contributed by atoms with Crippen molar-refractivity contribution in [2.75, 3.05) is 6.54 Å². The van der Waals surface area contributed by atoms with Crippen molar-refractivity contribution in [1.29, 1.82) is 5.26 Å². The van der Waals surface area contributed by atoms with Crippen molar-refractivity contribution in [3.05, 3.63) is 59.5 Å². The molecule has 5 heteroatoms. The summed E-state index contributed by atoms with van der Waals surface area (Å²) in [6, 6.07) is 11.8. The maximum absolute atomic E-state index is 12.2. The number of hydrogen-bond acceptors (Lipinski definition) is 4. The number of benzene rings is 1. The summed E-state index contributed by atoms with van der Waals surface area (Å²) < 4.78 is 5.33. The molecule has 2 aromatic rings. The number of aliphatic hydroxyl groups is 1. The lowest BCUT2D eigenvalue weighted by Crippen LogP contribution is -2.42. The normalized spacial score (nSPS) is 16.5. The van der Waals surface area contributed by atoms with E-state index in [1.54, 1.807) is 36.4 Å². The Labute approximate surface area is 128 Å². The Morgan fingerprint density at radius 1 is 1.36 bits per heavy atom. The van der Waals surface area contributed by atoms with E-state index in [0.717, 1.165) is 12.8 Å². The van der Waals surface area contributed by atoms with E-state index in [0.29, 0.717) is 16.9 Å². The zero-order valence-electron chi connectivity index (χ0n) is 12.0. The van der Waals surface area contributed by atoms with Crippen LogP contribution in [0, 0.1) is 17.2 Å². The summed E-state index contributed by atoms with van der Waals surface area (Å²) in [6.07, 6.45) is 3.36. The zero-order chi connectivity index (χ0) is 15.6. The summed E-state index contributed by atoms with van der Waals surface area (Å²) in [5, 5.41) is 22.3. The van der Waals surface area contributed by atoms with Gasteiger partial charge in [-0.1, -0.05) is 0 Å². The number of nitrogens with one attached hydrogen (secondary N) is 1. The van der Waals surface area contributed by atoms with Crippen molar-refractivity contribution < 1.29 is 14.3 Å². The van der Waals surface area contributed by atoms with Crippen molar-refractivity contribution in [3.63, 3.8) is 0 Å². The fourth-order valence-electron chi connectivity index (χ4n) is 2.53. The van der Waals surface area contributed by atoms with Crippen LogP contribution < -0.4 is 5.32 Å². The average molecular weight is 296 g/mol. The molecule has 1 aliphatic rings.